The fourth-order valence-electron chi connectivity index (χ4n) is 2.53. The zero-order valence-electron chi connectivity index (χ0n) is 11.9. The largest absolute Gasteiger partial charge is 0.341 e. The molecule has 1 atom stereocenters. The fourth-order valence-corrected chi connectivity index (χ4v) is 2.53. The van der Waals surface area contributed by atoms with Gasteiger partial charge in [-0.2, -0.15) is 0 Å². The summed E-state index contributed by atoms with van der Waals surface area (Å²) in [5, 5.41) is 0. The molecule has 1 aliphatic rings. The molecule has 1 heterocycles. The minimum Gasteiger partial charge on any atom is -0.341 e. The summed E-state index contributed by atoms with van der Waals surface area (Å²) in [7, 11) is 0. The molecule has 0 aliphatic carbocycles. The van der Waals surface area contributed by atoms with Crippen molar-refractivity contribution in [1.29, 1.82) is 0 Å². The number of carbonyl (C=O) groups is 1. The summed E-state index contributed by atoms with van der Waals surface area (Å²) in [6.07, 6.45) is 2.68. The predicted octanol–water partition coefficient (Wildman–Crippen LogP) is 2.73. The Balaban J connectivity index is 2.00. The van der Waals surface area contributed by atoms with Crippen LogP contribution in [0.2, 0.25) is 0 Å². The Morgan fingerprint density at radius 3 is 2.63 bits per heavy atom. The van der Waals surface area contributed by atoms with Gasteiger partial charge in [0.1, 0.15) is 0 Å². The molecule has 104 valence electrons. The average Bonchev–Trinajstić information content (AvgIpc) is 2.53. The first-order valence-electron chi connectivity index (χ1n) is 7.06. The highest BCUT2D eigenvalue weighted by atomic mass is 16.2. The third-order valence-corrected chi connectivity index (χ3v) is 4.07. The van der Waals surface area contributed by atoms with E-state index in [-0.39, 0.29) is 17.4 Å². The first-order chi connectivity index (χ1) is 8.98. The molecule has 1 aliphatic heterocycles. The fraction of sp³-hybridized carbons (Fsp3) is 0.562. The van der Waals surface area contributed by atoms with Crippen LogP contribution in [0.4, 0.5) is 0 Å². The summed E-state index contributed by atoms with van der Waals surface area (Å²) in [6, 6.07) is 9.92. The van der Waals surface area contributed by atoms with Gasteiger partial charge in [-0.3, -0.25) is 4.79 Å². The van der Waals surface area contributed by atoms with E-state index in [1.54, 1.807) is 0 Å². The van der Waals surface area contributed by atoms with Gasteiger partial charge in [0.05, 0.1) is 0 Å². The molecule has 1 aromatic carbocycles. The molecule has 2 rings (SSSR count). The van der Waals surface area contributed by atoms with Gasteiger partial charge in [-0.05, 0) is 23.8 Å². The third-order valence-electron chi connectivity index (χ3n) is 4.07. The molecule has 1 unspecified atom stereocenters. The number of carbonyl (C=O) groups excluding carboxylic acids is 1. The molecule has 2 N–H and O–H groups in total. The van der Waals surface area contributed by atoms with Crippen molar-refractivity contribution in [3.8, 4) is 0 Å². The molecule has 0 radical (unpaired) electrons. The zero-order valence-corrected chi connectivity index (χ0v) is 11.9. The maximum atomic E-state index is 12.1. The van der Waals surface area contributed by atoms with Gasteiger partial charge in [-0.15, -0.1) is 0 Å². The number of hydrogen-bond donors (Lipinski definition) is 1. The molecule has 0 bridgehead atoms. The SMILES string of the molecule is CC1(C)CCC(=O)N(CC(N)c2ccccc2)CC1. The maximum Gasteiger partial charge on any atom is 0.222 e. The van der Waals surface area contributed by atoms with E-state index in [0.717, 1.165) is 24.9 Å². The molecule has 3 heteroatoms. The molecular weight excluding hydrogens is 236 g/mol. The summed E-state index contributed by atoms with van der Waals surface area (Å²) in [5.74, 6) is 0.247. The first kappa shape index (κ1) is 14.1. The number of likely N-dealkylation sites (tertiary alicyclic amines) is 1. The molecule has 3 nitrogen and oxygen atoms in total. The van der Waals surface area contributed by atoms with Gasteiger partial charge in [0.2, 0.25) is 5.91 Å². The highest BCUT2D eigenvalue weighted by Crippen LogP contribution is 2.30. The zero-order chi connectivity index (χ0) is 13.9. The van der Waals surface area contributed by atoms with Crippen molar-refractivity contribution in [1.82, 2.24) is 4.90 Å². The smallest absolute Gasteiger partial charge is 0.222 e. The lowest BCUT2D eigenvalue weighted by Crippen LogP contribution is -2.36. The van der Waals surface area contributed by atoms with Gasteiger partial charge >= 0.3 is 0 Å². The average molecular weight is 260 g/mol. The Labute approximate surface area is 115 Å². The monoisotopic (exact) mass is 260 g/mol. The number of nitrogens with two attached hydrogens (primary N) is 1. The van der Waals surface area contributed by atoms with E-state index in [2.05, 4.69) is 13.8 Å². The summed E-state index contributed by atoms with van der Waals surface area (Å²) in [6.45, 7) is 5.92. The Morgan fingerprint density at radius 2 is 1.95 bits per heavy atom. The number of amides is 1. The van der Waals surface area contributed by atoms with Crippen molar-refractivity contribution in [2.45, 2.75) is 39.2 Å². The van der Waals surface area contributed by atoms with Crippen molar-refractivity contribution >= 4 is 5.91 Å². The van der Waals surface area contributed by atoms with E-state index < -0.39 is 0 Å². The maximum absolute atomic E-state index is 12.1. The van der Waals surface area contributed by atoms with Gasteiger partial charge in [0, 0.05) is 25.6 Å². The number of nitrogens with zero attached hydrogens (tertiary/aromatic N) is 1. The van der Waals surface area contributed by atoms with E-state index >= 15 is 0 Å². The standard InChI is InChI=1S/C16H24N2O/c1-16(2)9-8-15(19)18(11-10-16)12-14(17)13-6-4-3-5-7-13/h3-7,14H,8-12,17H2,1-2H3. The van der Waals surface area contributed by atoms with Gasteiger partial charge in [-0.1, -0.05) is 44.2 Å². The predicted molar refractivity (Wildman–Crippen MR) is 77.6 cm³/mol. The van der Waals surface area contributed by atoms with Crippen LogP contribution < -0.4 is 5.73 Å². The van der Waals surface area contributed by atoms with Crippen LogP contribution in [0, 0.1) is 5.41 Å². The van der Waals surface area contributed by atoms with Crippen molar-refractivity contribution < 1.29 is 4.79 Å². The Morgan fingerprint density at radius 1 is 1.26 bits per heavy atom. The van der Waals surface area contributed by atoms with Crippen LogP contribution in [-0.4, -0.2) is 23.9 Å². The number of rotatable bonds is 3. The molecule has 1 amide bonds. The van der Waals surface area contributed by atoms with Crippen LogP contribution in [0.3, 0.4) is 0 Å². The van der Waals surface area contributed by atoms with E-state index in [0.29, 0.717) is 13.0 Å². The molecule has 1 aromatic rings. The highest BCUT2D eigenvalue weighted by Gasteiger charge is 2.28. The van der Waals surface area contributed by atoms with Crippen LogP contribution in [-0.2, 0) is 4.79 Å². The van der Waals surface area contributed by atoms with Gasteiger partial charge in [0.25, 0.3) is 0 Å². The minimum atomic E-state index is -0.0913. The molecular formula is C16H24N2O. The molecule has 0 saturated carbocycles. The summed E-state index contributed by atoms with van der Waals surface area (Å²) in [4.78, 5) is 14.1. The van der Waals surface area contributed by atoms with Crippen LogP contribution in [0.25, 0.3) is 0 Å². The summed E-state index contributed by atoms with van der Waals surface area (Å²) < 4.78 is 0. The Bertz CT molecular complexity index is 428. The second-order valence-electron chi connectivity index (χ2n) is 6.27. The lowest BCUT2D eigenvalue weighted by atomic mass is 9.85. The Kier molecular flexibility index (Phi) is 4.25. The summed E-state index contributed by atoms with van der Waals surface area (Å²) in [5.41, 5.74) is 7.57. The van der Waals surface area contributed by atoms with Crippen molar-refractivity contribution in [2.24, 2.45) is 11.1 Å². The van der Waals surface area contributed by atoms with Crippen molar-refractivity contribution in [2.75, 3.05) is 13.1 Å². The molecule has 0 spiro atoms. The highest BCUT2D eigenvalue weighted by molar-refractivity contribution is 5.76. The van der Waals surface area contributed by atoms with Crippen molar-refractivity contribution in [3.05, 3.63) is 35.9 Å². The second kappa shape index (κ2) is 5.74. The number of hydrogen-bond acceptors (Lipinski definition) is 2. The minimum absolute atomic E-state index is 0.0913. The van der Waals surface area contributed by atoms with E-state index in [4.69, 9.17) is 5.73 Å². The Hall–Kier alpha value is -1.35. The number of benzene rings is 1. The molecule has 1 saturated heterocycles. The van der Waals surface area contributed by atoms with E-state index in [9.17, 15) is 4.79 Å². The molecule has 1 fully saturated rings. The van der Waals surface area contributed by atoms with Crippen LogP contribution >= 0.6 is 0 Å². The quantitative estimate of drug-likeness (QED) is 0.908. The van der Waals surface area contributed by atoms with E-state index in [1.165, 1.54) is 0 Å². The lowest BCUT2D eigenvalue weighted by Gasteiger charge is -2.26. The van der Waals surface area contributed by atoms with E-state index in [1.807, 2.05) is 35.2 Å². The topological polar surface area (TPSA) is 46.3 Å². The van der Waals surface area contributed by atoms with Crippen LogP contribution in [0.5, 0.6) is 0 Å². The first-order valence-corrected chi connectivity index (χ1v) is 7.06. The van der Waals surface area contributed by atoms with Gasteiger partial charge in [0.15, 0.2) is 0 Å². The van der Waals surface area contributed by atoms with Crippen molar-refractivity contribution in [3.63, 3.8) is 0 Å². The van der Waals surface area contributed by atoms with Gasteiger partial charge in [-0.25, -0.2) is 0 Å². The second-order valence-corrected chi connectivity index (χ2v) is 6.27. The normalized spacial score (nSPS) is 21.0. The lowest BCUT2D eigenvalue weighted by molar-refractivity contribution is -0.130. The summed E-state index contributed by atoms with van der Waals surface area (Å²) >= 11 is 0. The van der Waals surface area contributed by atoms with Gasteiger partial charge < -0.3 is 10.6 Å². The van der Waals surface area contributed by atoms with Crippen LogP contribution in [0.15, 0.2) is 30.3 Å². The third kappa shape index (κ3) is 3.80. The molecule has 0 aromatic heterocycles. The van der Waals surface area contributed by atoms with Crippen LogP contribution in [0.1, 0.15) is 44.7 Å². The molecule has 19 heavy (non-hydrogen) atoms.